The van der Waals surface area contributed by atoms with E-state index in [1.54, 1.807) is 18.2 Å². The van der Waals surface area contributed by atoms with Crippen LogP contribution in [0.2, 0.25) is 0 Å². The molecule has 0 saturated carbocycles. The van der Waals surface area contributed by atoms with Crippen molar-refractivity contribution in [3.8, 4) is 11.5 Å². The Morgan fingerprint density at radius 2 is 1.75 bits per heavy atom. The van der Waals surface area contributed by atoms with Crippen molar-refractivity contribution in [2.75, 3.05) is 26.3 Å². The first-order valence-corrected chi connectivity index (χ1v) is 6.60. The average molecular weight is 281 g/mol. The molecule has 1 amide bonds. The highest BCUT2D eigenvalue weighted by Crippen LogP contribution is 2.26. The fourth-order valence-electron chi connectivity index (χ4n) is 2.05. The van der Waals surface area contributed by atoms with Gasteiger partial charge in [-0.2, -0.15) is 0 Å². The van der Waals surface area contributed by atoms with Gasteiger partial charge in [-0.1, -0.05) is 12.1 Å². The molecular formula is C14H19NO5. The van der Waals surface area contributed by atoms with Gasteiger partial charge in [-0.15, -0.1) is 0 Å². The predicted molar refractivity (Wildman–Crippen MR) is 71.7 cm³/mol. The smallest absolute Gasteiger partial charge is 0.260 e. The van der Waals surface area contributed by atoms with Gasteiger partial charge in [0, 0.05) is 13.1 Å². The van der Waals surface area contributed by atoms with Crippen LogP contribution in [-0.2, 0) is 4.79 Å². The van der Waals surface area contributed by atoms with Crippen molar-refractivity contribution in [2.24, 2.45) is 0 Å². The highest BCUT2D eigenvalue weighted by Gasteiger charge is 2.32. The minimum Gasteiger partial charge on any atom is -0.490 e. The Kier molecular flexibility index (Phi) is 4.81. The fraction of sp³-hybridized carbons (Fsp3) is 0.500. The van der Waals surface area contributed by atoms with Crippen LogP contribution in [0.1, 0.15) is 6.92 Å². The van der Waals surface area contributed by atoms with Crippen molar-refractivity contribution in [3.05, 3.63) is 24.3 Å². The second kappa shape index (κ2) is 6.58. The van der Waals surface area contributed by atoms with E-state index >= 15 is 0 Å². The van der Waals surface area contributed by atoms with Gasteiger partial charge in [0.2, 0.25) is 0 Å². The second-order valence-electron chi connectivity index (χ2n) is 4.60. The van der Waals surface area contributed by atoms with Crippen molar-refractivity contribution in [1.29, 1.82) is 0 Å². The molecule has 0 aliphatic carbocycles. The van der Waals surface area contributed by atoms with Crippen molar-refractivity contribution in [2.45, 2.75) is 19.1 Å². The van der Waals surface area contributed by atoms with Crippen molar-refractivity contribution in [3.63, 3.8) is 0 Å². The van der Waals surface area contributed by atoms with Gasteiger partial charge in [-0.25, -0.2) is 0 Å². The van der Waals surface area contributed by atoms with E-state index in [9.17, 15) is 15.0 Å². The number of amides is 1. The van der Waals surface area contributed by atoms with Crippen molar-refractivity contribution >= 4 is 5.91 Å². The van der Waals surface area contributed by atoms with Gasteiger partial charge in [0.25, 0.3) is 5.91 Å². The SMILES string of the molecule is CCOc1ccccc1OCC(=O)N1C[C@@H](O)[C@@H](O)C1. The lowest BCUT2D eigenvalue weighted by molar-refractivity contribution is -0.132. The number of ether oxygens (including phenoxy) is 2. The number of aliphatic hydroxyl groups is 2. The Morgan fingerprint density at radius 1 is 1.20 bits per heavy atom. The lowest BCUT2D eigenvalue weighted by Gasteiger charge is -2.16. The summed E-state index contributed by atoms with van der Waals surface area (Å²) < 4.78 is 10.9. The van der Waals surface area contributed by atoms with Crippen molar-refractivity contribution in [1.82, 2.24) is 4.90 Å². The molecular weight excluding hydrogens is 262 g/mol. The molecule has 1 fully saturated rings. The lowest BCUT2D eigenvalue weighted by Crippen LogP contribution is -2.34. The molecule has 0 radical (unpaired) electrons. The zero-order chi connectivity index (χ0) is 14.5. The molecule has 1 aromatic rings. The Bertz CT molecular complexity index is 455. The summed E-state index contributed by atoms with van der Waals surface area (Å²) in [6.45, 7) is 2.50. The van der Waals surface area contributed by atoms with Gasteiger partial charge in [0.05, 0.1) is 18.8 Å². The molecule has 2 atom stereocenters. The maximum absolute atomic E-state index is 11.9. The number of carbonyl (C=O) groups excluding carboxylic acids is 1. The fourth-order valence-corrected chi connectivity index (χ4v) is 2.05. The normalized spacial score (nSPS) is 21.9. The molecule has 0 aromatic heterocycles. The molecule has 6 heteroatoms. The van der Waals surface area contributed by atoms with Crippen LogP contribution in [0.3, 0.4) is 0 Å². The molecule has 1 aromatic carbocycles. The summed E-state index contributed by atoms with van der Waals surface area (Å²) in [5.41, 5.74) is 0. The van der Waals surface area contributed by atoms with Crippen LogP contribution < -0.4 is 9.47 Å². The molecule has 2 N–H and O–H groups in total. The molecule has 2 rings (SSSR count). The maximum atomic E-state index is 11.9. The van der Waals surface area contributed by atoms with E-state index in [4.69, 9.17) is 9.47 Å². The molecule has 1 heterocycles. The van der Waals surface area contributed by atoms with Crippen molar-refractivity contribution < 1.29 is 24.5 Å². The highest BCUT2D eigenvalue weighted by molar-refractivity contribution is 5.78. The average Bonchev–Trinajstić information content (AvgIpc) is 2.78. The molecule has 1 saturated heterocycles. The number of likely N-dealkylation sites (tertiary alicyclic amines) is 1. The molecule has 0 bridgehead atoms. The number of β-amino-alcohol motifs (C(OH)–C–C–N with tert-alkyl or cyclic N) is 2. The quantitative estimate of drug-likeness (QED) is 0.796. The predicted octanol–water partition coefficient (Wildman–Crippen LogP) is 0.0281. The number of aliphatic hydroxyl groups excluding tert-OH is 2. The van der Waals surface area contributed by atoms with Crippen LogP contribution in [0.15, 0.2) is 24.3 Å². The van der Waals surface area contributed by atoms with Crippen LogP contribution in [0, 0.1) is 0 Å². The summed E-state index contributed by atoms with van der Waals surface area (Å²) in [7, 11) is 0. The topological polar surface area (TPSA) is 79.2 Å². The first-order valence-electron chi connectivity index (χ1n) is 6.60. The molecule has 0 spiro atoms. The summed E-state index contributed by atoms with van der Waals surface area (Å²) in [5.74, 6) is 0.819. The Morgan fingerprint density at radius 3 is 2.30 bits per heavy atom. The van der Waals surface area contributed by atoms with Gasteiger partial charge >= 0.3 is 0 Å². The van der Waals surface area contributed by atoms with Crippen LogP contribution in [0.25, 0.3) is 0 Å². The van der Waals surface area contributed by atoms with E-state index in [-0.39, 0.29) is 25.6 Å². The monoisotopic (exact) mass is 281 g/mol. The number of carbonyl (C=O) groups is 1. The number of nitrogens with zero attached hydrogens (tertiary/aromatic N) is 1. The summed E-state index contributed by atoms with van der Waals surface area (Å²) in [6.07, 6.45) is -1.76. The lowest BCUT2D eigenvalue weighted by atomic mass is 10.3. The van der Waals surface area contributed by atoms with E-state index in [2.05, 4.69) is 0 Å². The maximum Gasteiger partial charge on any atom is 0.260 e. The zero-order valence-corrected chi connectivity index (χ0v) is 11.4. The summed E-state index contributed by atoms with van der Waals surface area (Å²) in [4.78, 5) is 13.3. The molecule has 1 aliphatic heterocycles. The van der Waals surface area contributed by atoms with Gasteiger partial charge < -0.3 is 24.6 Å². The number of benzene rings is 1. The van der Waals surface area contributed by atoms with Crippen LogP contribution in [-0.4, -0.2) is 59.5 Å². The third-order valence-electron chi connectivity index (χ3n) is 3.11. The second-order valence-corrected chi connectivity index (χ2v) is 4.60. The highest BCUT2D eigenvalue weighted by atomic mass is 16.5. The van der Waals surface area contributed by atoms with E-state index in [1.165, 1.54) is 4.90 Å². The first kappa shape index (κ1) is 14.6. The Balaban J connectivity index is 1.90. The minimum atomic E-state index is -0.880. The number of hydrogen-bond donors (Lipinski definition) is 2. The van der Waals surface area contributed by atoms with Crippen LogP contribution >= 0.6 is 0 Å². The molecule has 110 valence electrons. The first-order chi connectivity index (χ1) is 9.61. The van der Waals surface area contributed by atoms with Crippen LogP contribution in [0.5, 0.6) is 11.5 Å². The summed E-state index contributed by atoms with van der Waals surface area (Å²) in [5, 5.41) is 18.8. The van der Waals surface area contributed by atoms with Gasteiger partial charge in [0.15, 0.2) is 18.1 Å². The van der Waals surface area contributed by atoms with E-state index in [0.717, 1.165) is 0 Å². The van der Waals surface area contributed by atoms with Gasteiger partial charge in [-0.05, 0) is 19.1 Å². The van der Waals surface area contributed by atoms with Gasteiger partial charge in [0.1, 0.15) is 0 Å². The van der Waals surface area contributed by atoms with E-state index in [0.29, 0.717) is 18.1 Å². The number of rotatable bonds is 5. The minimum absolute atomic E-state index is 0.135. The molecule has 6 nitrogen and oxygen atoms in total. The zero-order valence-electron chi connectivity index (χ0n) is 11.4. The third-order valence-corrected chi connectivity index (χ3v) is 3.11. The Labute approximate surface area is 117 Å². The number of hydrogen-bond acceptors (Lipinski definition) is 5. The third kappa shape index (κ3) is 3.40. The summed E-state index contributed by atoms with van der Waals surface area (Å²) in [6, 6.07) is 7.12. The number of para-hydroxylation sites is 2. The van der Waals surface area contributed by atoms with Gasteiger partial charge in [-0.3, -0.25) is 4.79 Å². The van der Waals surface area contributed by atoms with E-state index < -0.39 is 12.2 Å². The van der Waals surface area contributed by atoms with E-state index in [1.807, 2.05) is 13.0 Å². The standard InChI is InChI=1S/C14H19NO5/c1-2-19-12-5-3-4-6-13(12)20-9-14(18)15-7-10(16)11(17)8-15/h3-6,10-11,16-17H,2,7-9H2,1H3/t10-,11+. The molecule has 0 unspecified atom stereocenters. The summed E-state index contributed by atoms with van der Waals surface area (Å²) >= 11 is 0. The Hall–Kier alpha value is -1.79. The van der Waals surface area contributed by atoms with Crippen LogP contribution in [0.4, 0.5) is 0 Å². The molecule has 20 heavy (non-hydrogen) atoms. The largest absolute Gasteiger partial charge is 0.490 e. The molecule has 1 aliphatic rings.